The standard InChI is InChI=1S/C25H23FN4O5/c1-15(31)13-28-24(34)21-23(33)22-19(30(25(21)35)10-9-29-8-2-3-20(29)32)12-17(14-27-22)11-16-4-6-18(26)7-5-16/h2-8,12,14-15,31H,9-11,13H2,1H3,(H-,28,33,34,35)/p+1/t15-/m0/s1. The molecule has 0 saturated heterocycles. The van der Waals surface area contributed by atoms with Crippen LogP contribution in [0.2, 0.25) is 0 Å². The minimum Gasteiger partial charge on any atom is -0.505 e. The Bertz CT molecular complexity index is 1420. The fourth-order valence-electron chi connectivity index (χ4n) is 3.83. The van der Waals surface area contributed by atoms with E-state index in [1.165, 1.54) is 40.5 Å². The van der Waals surface area contributed by atoms with Gasteiger partial charge in [0.1, 0.15) is 16.9 Å². The molecule has 2 amide bonds. The summed E-state index contributed by atoms with van der Waals surface area (Å²) in [6.45, 7) is 1.56. The number of halogens is 1. The van der Waals surface area contributed by atoms with Gasteiger partial charge in [0.15, 0.2) is 18.5 Å². The second kappa shape index (κ2) is 9.98. The molecule has 9 nitrogen and oxygen atoms in total. The van der Waals surface area contributed by atoms with Crippen LogP contribution in [0.25, 0.3) is 11.0 Å². The van der Waals surface area contributed by atoms with E-state index in [0.29, 0.717) is 17.5 Å². The highest BCUT2D eigenvalue weighted by atomic mass is 19.1. The molecule has 0 fully saturated rings. The first-order valence-corrected chi connectivity index (χ1v) is 11.0. The molecule has 4 rings (SSSR count). The maximum atomic E-state index is 13.4. The first-order valence-electron chi connectivity index (χ1n) is 11.0. The van der Waals surface area contributed by atoms with E-state index in [1.807, 2.05) is 0 Å². The molecule has 0 aliphatic carbocycles. The highest BCUT2D eigenvalue weighted by Crippen LogP contribution is 2.26. The van der Waals surface area contributed by atoms with Crippen LogP contribution >= 0.6 is 0 Å². The van der Waals surface area contributed by atoms with Crippen LogP contribution in [0.15, 0.2) is 53.5 Å². The summed E-state index contributed by atoms with van der Waals surface area (Å²) < 4.78 is 16.0. The van der Waals surface area contributed by atoms with Gasteiger partial charge in [-0.15, -0.1) is 0 Å². The number of nitrogens with zero attached hydrogens (tertiary/aromatic N) is 3. The van der Waals surface area contributed by atoms with Gasteiger partial charge in [-0.2, -0.15) is 4.58 Å². The fourth-order valence-corrected chi connectivity index (χ4v) is 3.83. The highest BCUT2D eigenvalue weighted by Gasteiger charge is 2.25. The third-order valence-corrected chi connectivity index (χ3v) is 5.59. The zero-order valence-corrected chi connectivity index (χ0v) is 18.9. The number of pyridine rings is 2. The summed E-state index contributed by atoms with van der Waals surface area (Å²) in [6.07, 6.45) is 5.65. The molecule has 0 unspecified atom stereocenters. The number of hydrogen-bond donors (Lipinski definition) is 3. The lowest BCUT2D eigenvalue weighted by atomic mass is 10.1. The van der Waals surface area contributed by atoms with Crippen molar-refractivity contribution in [3.05, 3.63) is 81.5 Å². The van der Waals surface area contributed by atoms with Gasteiger partial charge >= 0.3 is 5.91 Å². The molecule has 3 aromatic rings. The van der Waals surface area contributed by atoms with Gasteiger partial charge in [0.05, 0.1) is 24.2 Å². The number of carbonyl (C=O) groups is 2. The molecule has 2 aromatic heterocycles. The molecule has 3 heterocycles. The van der Waals surface area contributed by atoms with Crippen molar-refractivity contribution in [2.24, 2.45) is 0 Å². The summed E-state index contributed by atoms with van der Waals surface area (Å²) in [6, 6.07) is 7.66. The minimum atomic E-state index is -0.847. The van der Waals surface area contributed by atoms with Gasteiger partial charge < -0.3 is 15.5 Å². The lowest BCUT2D eigenvalue weighted by Gasteiger charge is -2.15. The minimum absolute atomic E-state index is 0.0396. The van der Waals surface area contributed by atoms with Crippen molar-refractivity contribution in [2.75, 3.05) is 13.1 Å². The number of amides is 2. The monoisotopic (exact) mass is 479 g/mol. The number of fused-ring (bicyclic) bond motifs is 1. The van der Waals surface area contributed by atoms with E-state index in [1.54, 1.807) is 30.5 Å². The Labute approximate surface area is 199 Å². The molecular formula is C25H24FN4O5+. The molecular weight excluding hydrogens is 455 g/mol. The molecule has 10 heteroatoms. The molecule has 3 N–H and O–H groups in total. The number of rotatable bonds is 8. The van der Waals surface area contributed by atoms with Crippen molar-refractivity contribution < 1.29 is 28.8 Å². The van der Waals surface area contributed by atoms with Crippen molar-refractivity contribution in [2.45, 2.75) is 26.0 Å². The number of aromatic hydroxyl groups is 1. The van der Waals surface area contributed by atoms with Gasteiger partial charge in [0, 0.05) is 18.8 Å². The third kappa shape index (κ3) is 5.17. The number of aromatic nitrogens is 2. The normalized spacial score (nSPS) is 13.8. The number of aliphatic hydroxyl groups is 1. The van der Waals surface area contributed by atoms with E-state index < -0.39 is 28.9 Å². The summed E-state index contributed by atoms with van der Waals surface area (Å²) in [7, 11) is 0. The van der Waals surface area contributed by atoms with Crippen LogP contribution in [0.1, 0.15) is 28.4 Å². The second-order valence-electron chi connectivity index (χ2n) is 8.29. The maximum Gasteiger partial charge on any atom is 0.412 e. The Hall–Kier alpha value is -4.18. The van der Waals surface area contributed by atoms with Gasteiger partial charge in [-0.25, -0.2) is 9.18 Å². The van der Waals surface area contributed by atoms with Gasteiger partial charge in [-0.05, 0) is 42.7 Å². The Balaban J connectivity index is 1.78. The quantitative estimate of drug-likeness (QED) is 0.416. The molecule has 0 spiro atoms. The summed E-state index contributed by atoms with van der Waals surface area (Å²) >= 11 is 0. The van der Waals surface area contributed by atoms with E-state index in [0.717, 1.165) is 5.56 Å². The Morgan fingerprint density at radius 2 is 1.97 bits per heavy atom. The van der Waals surface area contributed by atoms with Gasteiger partial charge in [-0.1, -0.05) is 12.1 Å². The lowest BCUT2D eigenvalue weighted by Crippen LogP contribution is -2.37. The zero-order chi connectivity index (χ0) is 25.1. The second-order valence-corrected chi connectivity index (χ2v) is 8.29. The number of allylic oxidation sites excluding steroid dienone is 1. The number of benzene rings is 1. The predicted octanol–water partition coefficient (Wildman–Crippen LogP) is 1.12. The molecule has 0 saturated carbocycles. The van der Waals surface area contributed by atoms with Gasteiger partial charge in [0.2, 0.25) is 0 Å². The highest BCUT2D eigenvalue weighted by molar-refractivity contribution is 6.01. The zero-order valence-electron chi connectivity index (χ0n) is 18.9. The topological polar surface area (TPSA) is 125 Å². The van der Waals surface area contributed by atoms with Gasteiger partial charge in [-0.3, -0.25) is 19.1 Å². The third-order valence-electron chi connectivity index (χ3n) is 5.59. The average molecular weight is 479 g/mol. The number of carbonyl (C=O) groups excluding carboxylic acids is 2. The van der Waals surface area contributed by atoms with E-state index in [9.17, 15) is 29.0 Å². The summed E-state index contributed by atoms with van der Waals surface area (Å²) in [5.74, 6) is -1.99. The molecule has 0 radical (unpaired) electrons. The first kappa shape index (κ1) is 24.0. The van der Waals surface area contributed by atoms with Crippen LogP contribution in [0, 0.1) is 5.82 Å². The smallest absolute Gasteiger partial charge is 0.412 e. The van der Waals surface area contributed by atoms with Crippen LogP contribution in [0.4, 0.5) is 4.39 Å². The van der Waals surface area contributed by atoms with Crippen LogP contribution in [0.5, 0.6) is 5.75 Å². The van der Waals surface area contributed by atoms with E-state index >= 15 is 0 Å². The molecule has 1 aliphatic rings. The van der Waals surface area contributed by atoms with Crippen LogP contribution in [-0.4, -0.2) is 61.6 Å². The molecule has 1 aromatic carbocycles. The molecule has 0 bridgehead atoms. The molecule has 35 heavy (non-hydrogen) atoms. The average Bonchev–Trinajstić information content (AvgIpc) is 3.23. The number of hydrogen-bond acceptors (Lipinski definition) is 6. The number of aliphatic hydroxyl groups excluding tert-OH is 1. The largest absolute Gasteiger partial charge is 0.505 e. The first-order chi connectivity index (χ1) is 16.7. The van der Waals surface area contributed by atoms with Crippen molar-refractivity contribution in [3.63, 3.8) is 0 Å². The van der Waals surface area contributed by atoms with Crippen molar-refractivity contribution >= 4 is 29.1 Å². The van der Waals surface area contributed by atoms with Crippen LogP contribution < -0.4 is 10.9 Å². The Kier molecular flexibility index (Phi) is 6.83. The lowest BCUT2D eigenvalue weighted by molar-refractivity contribution is -0.438. The van der Waals surface area contributed by atoms with E-state index in [-0.39, 0.29) is 36.9 Å². The fraction of sp³-hybridized carbons (Fsp3) is 0.240. The maximum absolute atomic E-state index is 13.4. The van der Waals surface area contributed by atoms with Gasteiger partial charge in [0.25, 0.3) is 11.5 Å². The van der Waals surface area contributed by atoms with Crippen LogP contribution in [-0.2, 0) is 17.8 Å². The Morgan fingerprint density at radius 1 is 1.23 bits per heavy atom. The number of nitrogens with one attached hydrogen (secondary N) is 1. The molecule has 1 aliphatic heterocycles. The Morgan fingerprint density at radius 3 is 2.63 bits per heavy atom. The summed E-state index contributed by atoms with van der Waals surface area (Å²) in [5.41, 5.74) is 0.616. The summed E-state index contributed by atoms with van der Waals surface area (Å²) in [4.78, 5) is 42.3. The van der Waals surface area contributed by atoms with E-state index in [2.05, 4.69) is 10.3 Å². The van der Waals surface area contributed by atoms with Crippen molar-refractivity contribution in [1.82, 2.24) is 14.9 Å². The van der Waals surface area contributed by atoms with E-state index in [4.69, 9.17) is 0 Å². The van der Waals surface area contributed by atoms with Crippen molar-refractivity contribution in [1.29, 1.82) is 0 Å². The van der Waals surface area contributed by atoms with Crippen LogP contribution in [0.3, 0.4) is 0 Å². The predicted molar refractivity (Wildman–Crippen MR) is 126 cm³/mol. The molecule has 1 atom stereocenters. The van der Waals surface area contributed by atoms with Crippen molar-refractivity contribution in [3.8, 4) is 5.75 Å². The molecule has 180 valence electrons. The summed E-state index contributed by atoms with van der Waals surface area (Å²) in [5, 5.41) is 22.7. The SMILES string of the molecule is C[C@H](O)CNC(=O)c1c(O)c2ncc(Cc3ccc(F)cc3)cc2n(CC[N+]2=CC=CC2=O)c1=O.